The van der Waals surface area contributed by atoms with Crippen molar-refractivity contribution in [3.8, 4) is 0 Å². The predicted octanol–water partition coefficient (Wildman–Crippen LogP) is 5.19. The summed E-state index contributed by atoms with van der Waals surface area (Å²) in [5.74, 6) is -2.95. The van der Waals surface area contributed by atoms with Crippen molar-refractivity contribution in [3.05, 3.63) is 69.4 Å². The third-order valence-corrected chi connectivity index (χ3v) is 3.46. The zero-order valence-electron chi connectivity index (χ0n) is 8.93. The average molecular weight is 336 g/mol. The molecule has 0 aromatic heterocycles. The lowest BCUT2D eigenvalue weighted by Crippen LogP contribution is -2.02. The van der Waals surface area contributed by atoms with Crippen molar-refractivity contribution >= 4 is 27.5 Å². The van der Waals surface area contributed by atoms with Gasteiger partial charge in [0.2, 0.25) is 0 Å². The summed E-state index contributed by atoms with van der Waals surface area (Å²) in [7, 11) is 0. The molecular weight excluding hydrogens is 328 g/mol. The molecule has 2 rings (SSSR count). The molecule has 0 bridgehead atoms. The van der Waals surface area contributed by atoms with Gasteiger partial charge in [-0.15, -0.1) is 11.6 Å². The Labute approximate surface area is 116 Å². The first-order valence-corrected chi connectivity index (χ1v) is 6.26. The second kappa shape index (κ2) is 5.33. The lowest BCUT2D eigenvalue weighted by Gasteiger charge is -2.12. The van der Waals surface area contributed by atoms with Crippen LogP contribution in [0.15, 0.2) is 40.9 Å². The van der Waals surface area contributed by atoms with Crippen LogP contribution in [0.25, 0.3) is 0 Å². The number of hydrogen-bond donors (Lipinski definition) is 0. The van der Waals surface area contributed by atoms with E-state index in [9.17, 15) is 13.2 Å². The van der Waals surface area contributed by atoms with E-state index in [2.05, 4.69) is 15.9 Å². The van der Waals surface area contributed by atoms with E-state index in [1.807, 2.05) is 0 Å². The second-order valence-electron chi connectivity index (χ2n) is 3.70. The van der Waals surface area contributed by atoms with Crippen LogP contribution >= 0.6 is 27.5 Å². The minimum Gasteiger partial charge on any atom is -0.207 e. The van der Waals surface area contributed by atoms with E-state index in [1.165, 1.54) is 0 Å². The van der Waals surface area contributed by atoms with E-state index in [-0.39, 0.29) is 5.56 Å². The Morgan fingerprint density at radius 3 is 1.94 bits per heavy atom. The van der Waals surface area contributed by atoms with Gasteiger partial charge in [0.1, 0.15) is 17.5 Å². The molecule has 0 saturated carbocycles. The van der Waals surface area contributed by atoms with Gasteiger partial charge >= 0.3 is 0 Å². The van der Waals surface area contributed by atoms with E-state index in [0.29, 0.717) is 17.7 Å². The first kappa shape index (κ1) is 13.4. The summed E-state index contributed by atoms with van der Waals surface area (Å²) in [5.41, 5.74) is 0.185. The van der Waals surface area contributed by atoms with Gasteiger partial charge in [0, 0.05) is 22.2 Å². The van der Waals surface area contributed by atoms with E-state index in [4.69, 9.17) is 11.6 Å². The van der Waals surface area contributed by atoms with Crippen LogP contribution in [-0.4, -0.2) is 0 Å². The van der Waals surface area contributed by atoms with Gasteiger partial charge in [0.15, 0.2) is 0 Å². The molecule has 0 aliphatic carbocycles. The fraction of sp³-hybridized carbons (Fsp3) is 0.0769. The van der Waals surface area contributed by atoms with Crippen LogP contribution in [0.3, 0.4) is 0 Å². The first-order chi connectivity index (χ1) is 8.49. The normalized spacial score (nSPS) is 12.5. The van der Waals surface area contributed by atoms with Gasteiger partial charge in [-0.3, -0.25) is 0 Å². The third kappa shape index (κ3) is 2.70. The smallest absolute Gasteiger partial charge is 0.134 e. The maximum Gasteiger partial charge on any atom is 0.134 e. The lowest BCUT2D eigenvalue weighted by molar-refractivity contribution is 0.526. The molecule has 0 fully saturated rings. The number of benzene rings is 2. The molecule has 5 heteroatoms. The number of halogens is 5. The zero-order chi connectivity index (χ0) is 13.3. The summed E-state index contributed by atoms with van der Waals surface area (Å²) in [4.78, 5) is 0. The highest BCUT2D eigenvalue weighted by Crippen LogP contribution is 2.33. The summed E-state index contributed by atoms with van der Waals surface area (Å²) in [5, 5.41) is -1.00. The lowest BCUT2D eigenvalue weighted by atomic mass is 10.0. The Morgan fingerprint density at radius 1 is 0.944 bits per heavy atom. The molecule has 18 heavy (non-hydrogen) atoms. The largest absolute Gasteiger partial charge is 0.207 e. The molecule has 1 unspecified atom stereocenters. The van der Waals surface area contributed by atoms with Gasteiger partial charge < -0.3 is 0 Å². The molecule has 0 saturated heterocycles. The molecule has 0 amide bonds. The monoisotopic (exact) mass is 334 g/mol. The summed E-state index contributed by atoms with van der Waals surface area (Å²) >= 11 is 9.28. The molecule has 0 aliphatic heterocycles. The molecule has 0 radical (unpaired) electrons. The van der Waals surface area contributed by atoms with Crippen molar-refractivity contribution in [1.82, 2.24) is 0 Å². The van der Waals surface area contributed by atoms with E-state index in [1.54, 1.807) is 24.3 Å². The maximum absolute atomic E-state index is 13.6. The molecule has 0 heterocycles. The Bertz CT molecular complexity index is 546. The molecule has 0 N–H and O–H groups in total. The highest BCUT2D eigenvalue weighted by atomic mass is 79.9. The first-order valence-electron chi connectivity index (χ1n) is 5.03. The molecule has 2 aromatic rings. The number of rotatable bonds is 2. The Balaban J connectivity index is 2.46. The van der Waals surface area contributed by atoms with Crippen molar-refractivity contribution in [2.75, 3.05) is 0 Å². The maximum atomic E-state index is 13.6. The van der Waals surface area contributed by atoms with Crippen LogP contribution in [0.5, 0.6) is 0 Å². The third-order valence-electron chi connectivity index (χ3n) is 2.46. The number of alkyl halides is 1. The van der Waals surface area contributed by atoms with Crippen molar-refractivity contribution in [1.29, 1.82) is 0 Å². The van der Waals surface area contributed by atoms with Crippen LogP contribution in [-0.2, 0) is 0 Å². The quantitative estimate of drug-likeness (QED) is 0.662. The fourth-order valence-electron chi connectivity index (χ4n) is 1.59. The fourth-order valence-corrected chi connectivity index (χ4v) is 2.21. The molecule has 2 aromatic carbocycles. The van der Waals surface area contributed by atoms with Crippen molar-refractivity contribution < 1.29 is 13.2 Å². The Kier molecular flexibility index (Phi) is 3.97. The van der Waals surface area contributed by atoms with Gasteiger partial charge in [0.25, 0.3) is 0 Å². The van der Waals surface area contributed by atoms with Gasteiger partial charge in [-0.1, -0.05) is 28.1 Å². The molecule has 1 atom stereocenters. The molecule has 94 valence electrons. The van der Waals surface area contributed by atoms with Crippen LogP contribution in [0.2, 0.25) is 0 Å². The highest BCUT2D eigenvalue weighted by Gasteiger charge is 2.21. The Hall–Kier alpha value is -1.00. The van der Waals surface area contributed by atoms with Crippen LogP contribution in [0.1, 0.15) is 16.5 Å². The van der Waals surface area contributed by atoms with E-state index in [0.717, 1.165) is 4.47 Å². The standard InChI is InChI=1S/C13H7BrClF3/c14-8-3-1-7(2-4-8)13(15)12-10(17)5-9(16)6-11(12)18/h1-6,13H. The van der Waals surface area contributed by atoms with E-state index >= 15 is 0 Å². The summed E-state index contributed by atoms with van der Waals surface area (Å²) in [6, 6.07) is 7.95. The van der Waals surface area contributed by atoms with Crippen LogP contribution in [0, 0.1) is 17.5 Å². The van der Waals surface area contributed by atoms with Gasteiger partial charge in [-0.2, -0.15) is 0 Å². The van der Waals surface area contributed by atoms with Crippen molar-refractivity contribution in [2.45, 2.75) is 5.38 Å². The predicted molar refractivity (Wildman–Crippen MR) is 68.2 cm³/mol. The van der Waals surface area contributed by atoms with Gasteiger partial charge in [0.05, 0.1) is 5.38 Å². The minimum atomic E-state index is -1.00. The van der Waals surface area contributed by atoms with Gasteiger partial charge in [-0.05, 0) is 17.7 Å². The van der Waals surface area contributed by atoms with Crippen molar-refractivity contribution in [3.63, 3.8) is 0 Å². The average Bonchev–Trinajstić information content (AvgIpc) is 2.28. The van der Waals surface area contributed by atoms with Crippen molar-refractivity contribution in [2.24, 2.45) is 0 Å². The van der Waals surface area contributed by atoms with E-state index < -0.39 is 22.8 Å². The summed E-state index contributed by atoms with van der Waals surface area (Å²) < 4.78 is 40.7. The second-order valence-corrected chi connectivity index (χ2v) is 5.05. The molecular formula is C13H7BrClF3. The SMILES string of the molecule is Fc1cc(F)c(C(Cl)c2ccc(Br)cc2)c(F)c1. The molecule has 0 nitrogen and oxygen atoms in total. The van der Waals surface area contributed by atoms with Gasteiger partial charge in [-0.25, -0.2) is 13.2 Å². The topological polar surface area (TPSA) is 0 Å². The molecule has 0 spiro atoms. The van der Waals surface area contributed by atoms with Crippen LogP contribution < -0.4 is 0 Å². The minimum absolute atomic E-state index is 0.347. The summed E-state index contributed by atoms with van der Waals surface area (Å²) in [6.45, 7) is 0. The zero-order valence-corrected chi connectivity index (χ0v) is 11.3. The Morgan fingerprint density at radius 2 is 1.44 bits per heavy atom. The number of hydrogen-bond acceptors (Lipinski definition) is 0. The van der Waals surface area contributed by atoms with Crippen LogP contribution in [0.4, 0.5) is 13.2 Å². The summed E-state index contributed by atoms with van der Waals surface area (Å²) in [6.07, 6.45) is 0. The highest BCUT2D eigenvalue weighted by molar-refractivity contribution is 9.10. The molecule has 0 aliphatic rings.